The minimum atomic E-state index is -0.406. The molecule has 1 heterocycles. The van der Waals surface area contributed by atoms with Crippen LogP contribution in [0.25, 0.3) is 0 Å². The van der Waals surface area contributed by atoms with Crippen LogP contribution in [0.2, 0.25) is 0 Å². The molecule has 0 aliphatic heterocycles. The summed E-state index contributed by atoms with van der Waals surface area (Å²) >= 11 is 1.64. The molecule has 7 heteroatoms. The lowest BCUT2D eigenvalue weighted by molar-refractivity contribution is -0.392. The summed E-state index contributed by atoms with van der Waals surface area (Å²) in [5.41, 5.74) is 7.67. The smallest absolute Gasteiger partial charge is 0.342 e. The molecule has 6 nitrogen and oxygen atoms in total. The van der Waals surface area contributed by atoms with Crippen LogP contribution in [0.4, 0.5) is 11.5 Å². The number of imidazole rings is 1. The Morgan fingerprint density at radius 2 is 2.20 bits per heavy atom. The molecule has 2 N–H and O–H groups in total. The van der Waals surface area contributed by atoms with Gasteiger partial charge in [0.05, 0.1) is 0 Å². The van der Waals surface area contributed by atoms with Gasteiger partial charge >= 0.3 is 5.82 Å². The zero-order valence-corrected chi connectivity index (χ0v) is 12.2. The fourth-order valence-electron chi connectivity index (χ4n) is 1.91. The van der Waals surface area contributed by atoms with Crippen LogP contribution in [0, 0.1) is 24.0 Å². The molecule has 0 aliphatic carbocycles. The van der Waals surface area contributed by atoms with Crippen molar-refractivity contribution in [2.75, 3.05) is 11.5 Å². The van der Waals surface area contributed by atoms with Crippen LogP contribution >= 0.6 is 11.8 Å². The van der Waals surface area contributed by atoms with E-state index in [9.17, 15) is 10.1 Å². The summed E-state index contributed by atoms with van der Waals surface area (Å²) in [5, 5.41) is 10.9. The number of nitrogens with two attached hydrogens (primary N) is 1. The average Bonchev–Trinajstić information content (AvgIpc) is 2.76. The highest BCUT2D eigenvalue weighted by Crippen LogP contribution is 2.26. The maximum atomic E-state index is 10.9. The van der Waals surface area contributed by atoms with Gasteiger partial charge in [0.25, 0.3) is 0 Å². The number of nitrogen functional groups attached to an aromatic ring is 1. The Morgan fingerprint density at radius 1 is 1.45 bits per heavy atom. The Balaban J connectivity index is 2.05. The van der Waals surface area contributed by atoms with Gasteiger partial charge in [0.15, 0.2) is 5.82 Å². The largest absolute Gasteiger partial charge is 0.398 e. The Morgan fingerprint density at radius 3 is 2.90 bits per heavy atom. The molecule has 0 aliphatic rings. The first-order valence-corrected chi connectivity index (χ1v) is 7.13. The summed E-state index contributed by atoms with van der Waals surface area (Å²) in [4.78, 5) is 15.6. The van der Waals surface area contributed by atoms with Crippen LogP contribution in [-0.4, -0.2) is 20.2 Å². The highest BCUT2D eigenvalue weighted by atomic mass is 32.2. The molecule has 0 spiro atoms. The van der Waals surface area contributed by atoms with Gasteiger partial charge in [-0.3, -0.25) is 0 Å². The molecule has 2 rings (SSSR count). The first-order valence-electron chi connectivity index (χ1n) is 6.15. The van der Waals surface area contributed by atoms with Gasteiger partial charge in [-0.15, -0.1) is 11.8 Å². The molecule has 0 unspecified atom stereocenters. The molecule has 106 valence electrons. The molecule has 0 atom stereocenters. The molecular weight excluding hydrogens is 276 g/mol. The predicted molar refractivity (Wildman–Crippen MR) is 79.9 cm³/mol. The van der Waals surface area contributed by atoms with Crippen molar-refractivity contribution in [3.8, 4) is 0 Å². The number of benzene rings is 1. The summed E-state index contributed by atoms with van der Waals surface area (Å²) in [7, 11) is 0. The predicted octanol–water partition coefficient (Wildman–Crippen LogP) is 2.78. The SMILES string of the molecule is Cc1c(N)cccc1SCCn1c([N+](=O)[O-])cnc1C. The van der Waals surface area contributed by atoms with Gasteiger partial charge < -0.3 is 15.8 Å². The first-order chi connectivity index (χ1) is 9.50. The number of aromatic nitrogens is 2. The molecule has 0 bridgehead atoms. The van der Waals surface area contributed by atoms with Gasteiger partial charge in [-0.05, 0) is 29.5 Å². The van der Waals surface area contributed by atoms with Crippen LogP contribution in [0.15, 0.2) is 29.3 Å². The number of hydrogen-bond donors (Lipinski definition) is 1. The number of anilines is 1. The van der Waals surface area contributed by atoms with Crippen molar-refractivity contribution in [2.24, 2.45) is 0 Å². The van der Waals surface area contributed by atoms with E-state index < -0.39 is 4.92 Å². The molecule has 0 fully saturated rings. The Bertz CT molecular complexity index is 639. The summed E-state index contributed by atoms with van der Waals surface area (Å²) in [5.74, 6) is 1.41. The van der Waals surface area contributed by atoms with E-state index in [0.717, 1.165) is 21.9 Å². The topological polar surface area (TPSA) is 87.0 Å². The van der Waals surface area contributed by atoms with Crippen LogP contribution < -0.4 is 5.73 Å². The number of rotatable bonds is 5. The van der Waals surface area contributed by atoms with Gasteiger partial charge in [0.2, 0.25) is 0 Å². The van der Waals surface area contributed by atoms with Gasteiger partial charge in [-0.1, -0.05) is 6.07 Å². The Hall–Kier alpha value is -2.02. The standard InChI is InChI=1S/C13H16N4O2S/c1-9-11(14)4-3-5-12(9)20-7-6-16-10(2)15-8-13(16)17(18)19/h3-5,8H,6-7,14H2,1-2H3. The third-order valence-corrected chi connectivity index (χ3v) is 4.26. The van der Waals surface area contributed by atoms with Crippen LogP contribution in [0.3, 0.4) is 0 Å². The van der Waals surface area contributed by atoms with Gasteiger partial charge in [-0.25, -0.2) is 9.55 Å². The van der Waals surface area contributed by atoms with Crippen molar-refractivity contribution in [2.45, 2.75) is 25.3 Å². The zero-order chi connectivity index (χ0) is 14.7. The second-order valence-electron chi connectivity index (χ2n) is 4.39. The lowest BCUT2D eigenvalue weighted by Crippen LogP contribution is -2.07. The Kier molecular flexibility index (Phi) is 4.29. The summed E-state index contributed by atoms with van der Waals surface area (Å²) in [6, 6.07) is 5.78. The highest BCUT2D eigenvalue weighted by Gasteiger charge is 2.16. The third kappa shape index (κ3) is 2.93. The zero-order valence-electron chi connectivity index (χ0n) is 11.4. The third-order valence-electron chi connectivity index (χ3n) is 3.12. The molecule has 1 aromatic heterocycles. The van der Waals surface area contributed by atoms with E-state index in [1.807, 2.05) is 25.1 Å². The van der Waals surface area contributed by atoms with E-state index >= 15 is 0 Å². The van der Waals surface area contributed by atoms with Gasteiger partial charge in [-0.2, -0.15) is 0 Å². The van der Waals surface area contributed by atoms with Crippen LogP contribution in [0.1, 0.15) is 11.4 Å². The van der Waals surface area contributed by atoms with E-state index in [4.69, 9.17) is 5.73 Å². The molecule has 20 heavy (non-hydrogen) atoms. The molecule has 0 saturated heterocycles. The highest BCUT2D eigenvalue weighted by molar-refractivity contribution is 7.99. The van der Waals surface area contributed by atoms with Crippen LogP contribution in [0.5, 0.6) is 0 Å². The monoisotopic (exact) mass is 292 g/mol. The van der Waals surface area contributed by atoms with Crippen molar-refractivity contribution < 1.29 is 4.92 Å². The van der Waals surface area contributed by atoms with Crippen LogP contribution in [-0.2, 0) is 6.54 Å². The number of aryl methyl sites for hydroxylation is 1. The number of nitro groups is 1. The van der Waals surface area contributed by atoms with Crippen molar-refractivity contribution in [3.05, 3.63) is 45.9 Å². The van der Waals surface area contributed by atoms with E-state index in [0.29, 0.717) is 12.4 Å². The van der Waals surface area contributed by atoms with Crippen molar-refractivity contribution >= 4 is 23.3 Å². The molecule has 1 aromatic carbocycles. The Labute approximate surface area is 121 Å². The van der Waals surface area contributed by atoms with Crippen molar-refractivity contribution in [3.63, 3.8) is 0 Å². The second kappa shape index (κ2) is 5.96. The molecule has 0 radical (unpaired) electrons. The number of hydrogen-bond acceptors (Lipinski definition) is 5. The van der Waals surface area contributed by atoms with Gasteiger partial charge in [0, 0.05) is 23.3 Å². The van der Waals surface area contributed by atoms with E-state index in [2.05, 4.69) is 4.98 Å². The molecule has 0 amide bonds. The normalized spacial score (nSPS) is 10.7. The summed E-state index contributed by atoms with van der Waals surface area (Å²) < 4.78 is 1.62. The maximum Gasteiger partial charge on any atom is 0.342 e. The lowest BCUT2D eigenvalue weighted by atomic mass is 10.2. The number of nitrogens with zero attached hydrogens (tertiary/aromatic N) is 3. The van der Waals surface area contributed by atoms with Crippen molar-refractivity contribution in [1.29, 1.82) is 0 Å². The molecular formula is C13H16N4O2S. The lowest BCUT2D eigenvalue weighted by Gasteiger charge is -2.07. The summed E-state index contributed by atoms with van der Waals surface area (Å²) in [6.07, 6.45) is 1.30. The minimum Gasteiger partial charge on any atom is -0.398 e. The maximum absolute atomic E-state index is 10.9. The fraction of sp³-hybridized carbons (Fsp3) is 0.308. The fourth-order valence-corrected chi connectivity index (χ4v) is 2.92. The molecule has 2 aromatic rings. The number of thioether (sulfide) groups is 1. The van der Waals surface area contributed by atoms with E-state index in [1.165, 1.54) is 6.20 Å². The van der Waals surface area contributed by atoms with Gasteiger partial charge in [0.1, 0.15) is 12.7 Å². The minimum absolute atomic E-state index is 0.0346. The summed E-state index contributed by atoms with van der Waals surface area (Å²) in [6.45, 7) is 4.28. The van der Waals surface area contributed by atoms with Crippen molar-refractivity contribution in [1.82, 2.24) is 9.55 Å². The van der Waals surface area contributed by atoms with E-state index in [1.54, 1.807) is 23.3 Å². The first kappa shape index (κ1) is 14.4. The quantitative estimate of drug-likeness (QED) is 0.396. The second-order valence-corrected chi connectivity index (χ2v) is 5.53. The molecule has 0 saturated carbocycles. The van der Waals surface area contributed by atoms with E-state index in [-0.39, 0.29) is 5.82 Å². The average molecular weight is 292 g/mol.